The van der Waals surface area contributed by atoms with Crippen molar-refractivity contribution < 1.29 is 9.59 Å². The van der Waals surface area contributed by atoms with E-state index in [1.807, 2.05) is 66.6 Å². The van der Waals surface area contributed by atoms with E-state index < -0.39 is 0 Å². The van der Waals surface area contributed by atoms with Gasteiger partial charge in [0.2, 0.25) is 5.91 Å². The van der Waals surface area contributed by atoms with Gasteiger partial charge in [0.05, 0.1) is 12.1 Å². The van der Waals surface area contributed by atoms with Crippen molar-refractivity contribution in [3.05, 3.63) is 71.9 Å². The summed E-state index contributed by atoms with van der Waals surface area (Å²) in [7, 11) is 0. The Morgan fingerprint density at radius 1 is 1.17 bits per heavy atom. The number of benzene rings is 2. The molecule has 1 fully saturated rings. The summed E-state index contributed by atoms with van der Waals surface area (Å²) in [5, 5.41) is 7.03. The van der Waals surface area contributed by atoms with Crippen LogP contribution in [0.1, 0.15) is 30.5 Å². The molecular formula is C23H26N4O2. The summed E-state index contributed by atoms with van der Waals surface area (Å²) in [6.07, 6.45) is 3.08. The van der Waals surface area contributed by atoms with Crippen LogP contribution in [0.15, 0.2) is 60.8 Å². The highest BCUT2D eigenvalue weighted by atomic mass is 16.2. The summed E-state index contributed by atoms with van der Waals surface area (Å²) >= 11 is 0. The maximum atomic E-state index is 12.4. The lowest BCUT2D eigenvalue weighted by molar-refractivity contribution is -0.129. The molecule has 2 unspecified atom stereocenters. The second-order valence-corrected chi connectivity index (χ2v) is 7.54. The number of hydrogen-bond donors (Lipinski definition) is 3. The maximum absolute atomic E-state index is 12.4. The Morgan fingerprint density at radius 2 is 1.93 bits per heavy atom. The predicted octanol–water partition coefficient (Wildman–Crippen LogP) is 3.37. The second-order valence-electron chi connectivity index (χ2n) is 7.54. The van der Waals surface area contributed by atoms with Gasteiger partial charge in [-0.15, -0.1) is 0 Å². The highest BCUT2D eigenvalue weighted by molar-refractivity contribution is 5.83. The number of rotatable bonds is 6. The summed E-state index contributed by atoms with van der Waals surface area (Å²) in [6.45, 7) is 3.10. The minimum Gasteiger partial charge on any atom is -0.361 e. The first-order valence-corrected chi connectivity index (χ1v) is 10.1. The quantitative estimate of drug-likeness (QED) is 0.603. The molecule has 4 rings (SSSR count). The number of carbonyl (C=O) groups is 2. The van der Waals surface area contributed by atoms with Crippen molar-refractivity contribution >= 4 is 22.8 Å². The monoisotopic (exact) mass is 390 g/mol. The molecule has 1 aliphatic rings. The zero-order valence-electron chi connectivity index (χ0n) is 16.5. The van der Waals surface area contributed by atoms with Crippen LogP contribution in [0.3, 0.4) is 0 Å². The predicted molar refractivity (Wildman–Crippen MR) is 114 cm³/mol. The number of H-pyrrole nitrogens is 1. The first-order valence-electron chi connectivity index (χ1n) is 10.1. The molecule has 0 saturated carbocycles. The Balaban J connectivity index is 1.26. The molecular weight excluding hydrogens is 364 g/mol. The van der Waals surface area contributed by atoms with Crippen molar-refractivity contribution in [1.29, 1.82) is 0 Å². The van der Waals surface area contributed by atoms with Crippen LogP contribution in [0.25, 0.3) is 10.9 Å². The Hall–Kier alpha value is -3.28. The van der Waals surface area contributed by atoms with Crippen molar-refractivity contribution in [2.45, 2.75) is 31.8 Å². The Morgan fingerprint density at radius 3 is 2.76 bits per heavy atom. The van der Waals surface area contributed by atoms with Crippen LogP contribution >= 0.6 is 0 Å². The molecule has 3 amide bonds. The van der Waals surface area contributed by atoms with Gasteiger partial charge >= 0.3 is 6.03 Å². The van der Waals surface area contributed by atoms with Gasteiger partial charge in [0.1, 0.15) is 0 Å². The Kier molecular flexibility index (Phi) is 5.51. The number of urea groups is 1. The van der Waals surface area contributed by atoms with Crippen molar-refractivity contribution in [2.75, 3.05) is 13.1 Å². The summed E-state index contributed by atoms with van der Waals surface area (Å²) in [6, 6.07) is 17.7. The van der Waals surface area contributed by atoms with Gasteiger partial charge in [0, 0.05) is 36.6 Å². The number of aromatic amines is 1. The third-order valence-electron chi connectivity index (χ3n) is 5.60. The van der Waals surface area contributed by atoms with Gasteiger partial charge in [-0.2, -0.15) is 0 Å². The van der Waals surface area contributed by atoms with Crippen molar-refractivity contribution in [2.24, 2.45) is 0 Å². The number of aromatic nitrogens is 1. The van der Waals surface area contributed by atoms with Crippen molar-refractivity contribution in [1.82, 2.24) is 20.5 Å². The van der Waals surface area contributed by atoms with E-state index in [0.29, 0.717) is 19.5 Å². The number of likely N-dealkylation sites (tertiary alicyclic amines) is 1. The molecule has 1 saturated heterocycles. The molecule has 6 nitrogen and oxygen atoms in total. The Bertz CT molecular complexity index is 998. The zero-order chi connectivity index (χ0) is 20.2. The van der Waals surface area contributed by atoms with Gasteiger partial charge < -0.3 is 20.5 Å². The van der Waals surface area contributed by atoms with Crippen LogP contribution in [0.4, 0.5) is 4.79 Å². The largest absolute Gasteiger partial charge is 0.361 e. The fraction of sp³-hybridized carbons (Fsp3) is 0.304. The molecule has 0 spiro atoms. The van der Waals surface area contributed by atoms with E-state index in [-0.39, 0.29) is 24.0 Å². The molecule has 3 N–H and O–H groups in total. The maximum Gasteiger partial charge on any atom is 0.315 e. The summed E-state index contributed by atoms with van der Waals surface area (Å²) in [5.41, 5.74) is 3.38. The van der Waals surface area contributed by atoms with Crippen LogP contribution in [0.2, 0.25) is 0 Å². The number of hydrogen-bond acceptors (Lipinski definition) is 2. The van der Waals surface area contributed by atoms with E-state index in [9.17, 15) is 9.59 Å². The highest BCUT2D eigenvalue weighted by Crippen LogP contribution is 2.25. The number of fused-ring (bicyclic) bond motifs is 1. The van der Waals surface area contributed by atoms with Gasteiger partial charge in [-0.05, 0) is 30.5 Å². The van der Waals surface area contributed by atoms with E-state index in [0.717, 1.165) is 17.5 Å². The fourth-order valence-corrected chi connectivity index (χ4v) is 4.00. The van der Waals surface area contributed by atoms with Crippen LogP contribution in [-0.2, 0) is 11.2 Å². The summed E-state index contributed by atoms with van der Waals surface area (Å²) in [5.74, 6) is 0.0745. The lowest BCUT2D eigenvalue weighted by Gasteiger charge is -2.25. The molecule has 0 bridgehead atoms. The van der Waals surface area contributed by atoms with Gasteiger partial charge in [0.15, 0.2) is 0 Å². The lowest BCUT2D eigenvalue weighted by Crippen LogP contribution is -2.44. The van der Waals surface area contributed by atoms with Crippen molar-refractivity contribution in [3.63, 3.8) is 0 Å². The minimum absolute atomic E-state index is 0.000401. The molecule has 150 valence electrons. The highest BCUT2D eigenvalue weighted by Gasteiger charge is 2.33. The van der Waals surface area contributed by atoms with E-state index >= 15 is 0 Å². The average molecular weight is 390 g/mol. The molecule has 1 aromatic heterocycles. The Labute approximate surface area is 170 Å². The number of nitrogens with zero attached hydrogens (tertiary/aromatic N) is 1. The van der Waals surface area contributed by atoms with Crippen LogP contribution < -0.4 is 10.6 Å². The number of carbonyl (C=O) groups excluding carboxylic acids is 2. The fourth-order valence-electron chi connectivity index (χ4n) is 4.00. The van der Waals surface area contributed by atoms with Gasteiger partial charge in [-0.1, -0.05) is 48.5 Å². The third-order valence-corrected chi connectivity index (χ3v) is 5.60. The van der Waals surface area contributed by atoms with Crippen molar-refractivity contribution in [3.8, 4) is 0 Å². The van der Waals surface area contributed by atoms with E-state index in [2.05, 4.69) is 21.7 Å². The normalized spacial score (nSPS) is 17.5. The molecule has 6 heteroatoms. The second kappa shape index (κ2) is 8.39. The third kappa shape index (κ3) is 4.26. The van der Waals surface area contributed by atoms with E-state index in [1.165, 1.54) is 10.9 Å². The minimum atomic E-state index is -0.225. The lowest BCUT2D eigenvalue weighted by atomic mass is 10.1. The number of para-hydroxylation sites is 1. The topological polar surface area (TPSA) is 77.2 Å². The molecule has 29 heavy (non-hydrogen) atoms. The van der Waals surface area contributed by atoms with E-state index in [4.69, 9.17) is 0 Å². The molecule has 2 atom stereocenters. The molecule has 0 aliphatic carbocycles. The number of nitrogens with one attached hydrogen (secondary N) is 3. The summed E-state index contributed by atoms with van der Waals surface area (Å²) < 4.78 is 0. The van der Waals surface area contributed by atoms with E-state index in [1.54, 1.807) is 0 Å². The van der Waals surface area contributed by atoms with Crippen LogP contribution in [0.5, 0.6) is 0 Å². The van der Waals surface area contributed by atoms with Gasteiger partial charge in [-0.25, -0.2) is 4.79 Å². The molecule has 3 aromatic rings. The smallest absolute Gasteiger partial charge is 0.315 e. The average Bonchev–Trinajstić information content (AvgIpc) is 3.31. The van der Waals surface area contributed by atoms with Gasteiger partial charge in [0.25, 0.3) is 0 Å². The SMILES string of the molecule is CC(c1ccccc1)N1CC(NC(=O)NCCc2c[nH]c3ccccc23)CC1=O. The zero-order valence-corrected chi connectivity index (χ0v) is 16.5. The molecule has 0 radical (unpaired) electrons. The first-order chi connectivity index (χ1) is 14.1. The van der Waals surface area contributed by atoms with Crippen LogP contribution in [-0.4, -0.2) is 41.0 Å². The first kappa shape index (κ1) is 19.1. The molecule has 1 aliphatic heterocycles. The van der Waals surface area contributed by atoms with Gasteiger partial charge in [-0.3, -0.25) is 4.79 Å². The summed E-state index contributed by atoms with van der Waals surface area (Å²) in [4.78, 5) is 29.8. The molecule has 2 aromatic carbocycles. The standard InChI is InChI=1S/C23H26N4O2/c1-16(17-7-3-2-4-8-17)27-15-19(13-22(27)28)26-23(29)24-12-11-18-14-25-21-10-6-5-9-20(18)21/h2-10,14,16,19,25H,11-13,15H2,1H3,(H2,24,26,29). The number of amides is 3. The molecule has 2 heterocycles. The van der Waals surface area contributed by atoms with Crippen LogP contribution in [0, 0.1) is 0 Å².